The molecule has 46 heavy (non-hydrogen) atoms. The number of anilines is 1. The Bertz CT molecular complexity index is 1640. The van der Waals surface area contributed by atoms with Crippen LogP contribution in [0.4, 0.5) is 5.69 Å². The van der Waals surface area contributed by atoms with Crippen molar-refractivity contribution in [3.8, 4) is 17.1 Å². The van der Waals surface area contributed by atoms with Crippen molar-refractivity contribution in [3.05, 3.63) is 35.1 Å². The summed E-state index contributed by atoms with van der Waals surface area (Å²) in [6.45, 7) is 4.28. The molecule has 4 N–H and O–H groups in total. The molecule has 2 aromatic rings. The molecule has 0 spiro atoms. The van der Waals surface area contributed by atoms with Crippen molar-refractivity contribution in [3.63, 3.8) is 0 Å². The van der Waals surface area contributed by atoms with Crippen molar-refractivity contribution < 1.29 is 38.6 Å². The van der Waals surface area contributed by atoms with E-state index < -0.39 is 64.4 Å². The highest BCUT2D eigenvalue weighted by Gasteiger charge is 2.69. The standard InChI is InChI=1S/C33H41N5O8/c1-35(2)21-14-19(22-7-6-17(46-22)15-38-10-8-37(5)9-11-38)27(39)24-18(21)12-16-13-20-26(36(3)4)29(41)25(32(34)44)31(43)33(20,45)30(42)23(16)28(24)40/h6-7,14,16,20,23,25-26,39,45H,8-13,15H2,1-5H3,(H2,34,44)/t16-,20-,23?,25?,26-,33-/m0/s1. The number of aliphatic hydroxyl groups is 1. The van der Waals surface area contributed by atoms with E-state index in [1.807, 2.05) is 25.1 Å². The second kappa shape index (κ2) is 11.4. The van der Waals surface area contributed by atoms with Crippen molar-refractivity contribution in [1.82, 2.24) is 14.7 Å². The SMILES string of the molecule is CN1CCN(Cc2ccc(-c3cc(N(C)C)c4c(c3O)C(=O)C3C(=O)[C@]5(O)C(=O)C(C(N)=O)C(=O)[C@@H](N(C)C)[C@@H]5C[C@@H]3C4)o2)CC1. The molecular formula is C33H41N5O8. The Morgan fingerprint density at radius 2 is 1.74 bits per heavy atom. The van der Waals surface area contributed by atoms with E-state index in [4.69, 9.17) is 10.2 Å². The van der Waals surface area contributed by atoms with Crippen LogP contribution in [0.3, 0.4) is 0 Å². The van der Waals surface area contributed by atoms with Crippen molar-refractivity contribution >= 4 is 34.7 Å². The number of hydrogen-bond donors (Lipinski definition) is 3. The highest BCUT2D eigenvalue weighted by Crippen LogP contribution is 2.53. The first-order chi connectivity index (χ1) is 21.7. The highest BCUT2D eigenvalue weighted by molar-refractivity contribution is 6.32. The van der Waals surface area contributed by atoms with E-state index in [2.05, 4.69) is 16.8 Å². The molecule has 3 fully saturated rings. The van der Waals surface area contributed by atoms with E-state index in [0.717, 1.165) is 26.2 Å². The number of hydrogen-bond acceptors (Lipinski definition) is 12. The lowest BCUT2D eigenvalue weighted by Crippen LogP contribution is -2.74. The van der Waals surface area contributed by atoms with Gasteiger partial charge in [-0.2, -0.15) is 0 Å². The van der Waals surface area contributed by atoms with Crippen LogP contribution in [0.2, 0.25) is 0 Å². The van der Waals surface area contributed by atoms with Crippen LogP contribution < -0.4 is 10.6 Å². The summed E-state index contributed by atoms with van der Waals surface area (Å²) >= 11 is 0. The van der Waals surface area contributed by atoms with Gasteiger partial charge in [-0.25, -0.2) is 0 Å². The number of fused-ring (bicyclic) bond motifs is 3. The van der Waals surface area contributed by atoms with Crippen LogP contribution in [0, 0.1) is 23.7 Å². The minimum atomic E-state index is -2.77. The van der Waals surface area contributed by atoms with E-state index in [1.165, 1.54) is 4.90 Å². The molecule has 3 aliphatic carbocycles. The molecule has 1 aromatic carbocycles. The van der Waals surface area contributed by atoms with Gasteiger partial charge in [0.1, 0.15) is 17.3 Å². The van der Waals surface area contributed by atoms with Gasteiger partial charge < -0.3 is 30.2 Å². The van der Waals surface area contributed by atoms with Gasteiger partial charge in [0.15, 0.2) is 34.7 Å². The summed E-state index contributed by atoms with van der Waals surface area (Å²) in [6.07, 6.45) is 0.174. The fourth-order valence-electron chi connectivity index (χ4n) is 8.07. The van der Waals surface area contributed by atoms with Crippen LogP contribution in [-0.4, -0.2) is 127 Å². The number of piperazine rings is 1. The number of ketones is 4. The summed E-state index contributed by atoms with van der Waals surface area (Å²) < 4.78 is 6.17. The second-order valence-electron chi connectivity index (χ2n) is 13.7. The summed E-state index contributed by atoms with van der Waals surface area (Å²) in [5.41, 5.74) is 4.04. The van der Waals surface area contributed by atoms with Crippen LogP contribution in [-0.2, 0) is 32.1 Å². The molecule has 1 amide bonds. The zero-order valence-corrected chi connectivity index (χ0v) is 26.8. The highest BCUT2D eigenvalue weighted by atomic mass is 16.3. The predicted octanol–water partition coefficient (Wildman–Crippen LogP) is -0.0596. The number of phenols is 1. The maximum absolute atomic E-state index is 14.3. The molecule has 4 aliphatic rings. The third kappa shape index (κ3) is 4.79. The largest absolute Gasteiger partial charge is 0.506 e. The third-order valence-corrected chi connectivity index (χ3v) is 10.4. The zero-order chi connectivity index (χ0) is 33.4. The Hall–Kier alpha value is -3.91. The number of carbonyl (C=O) groups excluding carboxylic acids is 5. The molecule has 13 heteroatoms. The molecule has 13 nitrogen and oxygen atoms in total. The van der Waals surface area contributed by atoms with E-state index >= 15 is 0 Å². The molecule has 6 rings (SSSR count). The number of nitrogens with zero attached hydrogens (tertiary/aromatic N) is 4. The Morgan fingerprint density at radius 3 is 2.35 bits per heavy atom. The van der Waals surface area contributed by atoms with Gasteiger partial charge in [0.2, 0.25) is 5.91 Å². The van der Waals surface area contributed by atoms with Crippen molar-refractivity contribution in [2.24, 2.45) is 29.4 Å². The van der Waals surface area contributed by atoms with Crippen molar-refractivity contribution in [2.45, 2.75) is 31.0 Å². The first-order valence-corrected chi connectivity index (χ1v) is 15.6. The number of rotatable bonds is 6. The molecule has 0 bridgehead atoms. The third-order valence-electron chi connectivity index (χ3n) is 10.4. The average Bonchev–Trinajstić information content (AvgIpc) is 3.44. The molecule has 2 heterocycles. The normalized spacial score (nSPS) is 30.3. The summed E-state index contributed by atoms with van der Waals surface area (Å²) in [5, 5.41) is 23.5. The predicted molar refractivity (Wildman–Crippen MR) is 166 cm³/mol. The quantitative estimate of drug-likeness (QED) is 0.361. The van der Waals surface area contributed by atoms with Crippen LogP contribution in [0.15, 0.2) is 22.6 Å². The second-order valence-corrected chi connectivity index (χ2v) is 13.7. The van der Waals surface area contributed by atoms with E-state index in [1.54, 1.807) is 26.2 Å². The number of Topliss-reactive ketones (excluding diaryl/α,β-unsaturated/α-hetero) is 4. The van der Waals surface area contributed by atoms with Gasteiger partial charge in [-0.1, -0.05) is 0 Å². The lowest BCUT2D eigenvalue weighted by atomic mass is 9.52. The fourth-order valence-corrected chi connectivity index (χ4v) is 8.07. The molecule has 1 aliphatic heterocycles. The van der Waals surface area contributed by atoms with Crippen LogP contribution in [0.5, 0.6) is 5.75 Å². The monoisotopic (exact) mass is 635 g/mol. The molecule has 0 radical (unpaired) electrons. The van der Waals surface area contributed by atoms with Gasteiger partial charge in [0, 0.05) is 51.9 Å². The summed E-state index contributed by atoms with van der Waals surface area (Å²) in [4.78, 5) is 75.5. The fraction of sp³-hybridized carbons (Fsp3) is 0.545. The number of benzene rings is 1. The van der Waals surface area contributed by atoms with Gasteiger partial charge in [-0.05, 0) is 63.7 Å². The number of furan rings is 1. The van der Waals surface area contributed by atoms with Crippen LogP contribution >= 0.6 is 0 Å². The molecule has 1 aromatic heterocycles. The molecule has 1 saturated heterocycles. The van der Waals surface area contributed by atoms with Gasteiger partial charge in [-0.15, -0.1) is 0 Å². The van der Waals surface area contributed by atoms with E-state index in [0.29, 0.717) is 29.3 Å². The number of aromatic hydroxyl groups is 1. The lowest BCUT2D eigenvalue weighted by Gasteiger charge is -2.52. The Morgan fingerprint density at radius 1 is 1.07 bits per heavy atom. The van der Waals surface area contributed by atoms with Gasteiger partial charge in [0.05, 0.1) is 29.6 Å². The van der Waals surface area contributed by atoms with Crippen LogP contribution in [0.25, 0.3) is 11.3 Å². The topological polar surface area (TPSA) is 178 Å². The minimum absolute atomic E-state index is 0.00683. The smallest absolute Gasteiger partial charge is 0.235 e. The zero-order valence-electron chi connectivity index (χ0n) is 26.8. The molecule has 246 valence electrons. The number of phenolic OH excluding ortho intramolecular Hbond substituents is 1. The van der Waals surface area contributed by atoms with Gasteiger partial charge in [-0.3, -0.25) is 33.8 Å². The van der Waals surface area contributed by atoms with E-state index in [-0.39, 0.29) is 29.7 Å². The van der Waals surface area contributed by atoms with Crippen LogP contribution in [0.1, 0.15) is 28.1 Å². The van der Waals surface area contributed by atoms with Gasteiger partial charge >= 0.3 is 0 Å². The Labute approximate surface area is 266 Å². The Kier molecular flexibility index (Phi) is 7.95. The molecule has 6 atom stereocenters. The molecule has 2 unspecified atom stereocenters. The summed E-state index contributed by atoms with van der Waals surface area (Å²) in [7, 11) is 8.82. The first-order valence-electron chi connectivity index (χ1n) is 15.6. The lowest BCUT2D eigenvalue weighted by molar-refractivity contribution is -0.181. The summed E-state index contributed by atoms with van der Waals surface area (Å²) in [6, 6.07) is 4.19. The van der Waals surface area contributed by atoms with Crippen molar-refractivity contribution in [2.75, 3.05) is 66.3 Å². The number of carbonyl (C=O) groups is 5. The van der Waals surface area contributed by atoms with Gasteiger partial charge in [0.25, 0.3) is 0 Å². The van der Waals surface area contributed by atoms with Crippen molar-refractivity contribution in [1.29, 1.82) is 0 Å². The molecular weight excluding hydrogens is 594 g/mol. The van der Waals surface area contributed by atoms with E-state index in [9.17, 15) is 34.2 Å². The number of nitrogens with two attached hydrogens (primary N) is 1. The average molecular weight is 636 g/mol. The molecule has 2 saturated carbocycles. The maximum Gasteiger partial charge on any atom is 0.235 e. The first kappa shape index (κ1) is 32.0. The summed E-state index contributed by atoms with van der Waals surface area (Å²) in [5.74, 6) is -9.72. The Balaban J connectivity index is 1.40. The number of amides is 1. The number of primary amides is 1. The minimum Gasteiger partial charge on any atom is -0.506 e. The number of likely N-dealkylation sites (N-methyl/N-ethyl adjacent to an activating group) is 2. The maximum atomic E-state index is 14.3.